The number of hydrogen-bond donors (Lipinski definition) is 2. The van der Waals surface area contributed by atoms with Crippen LogP contribution in [0.2, 0.25) is 0 Å². The van der Waals surface area contributed by atoms with Gasteiger partial charge in [0.1, 0.15) is 30.5 Å². The lowest BCUT2D eigenvalue weighted by Crippen LogP contribution is -2.42. The third-order valence-corrected chi connectivity index (χ3v) is 9.76. The van der Waals surface area contributed by atoms with E-state index < -0.39 is 10.1 Å². The van der Waals surface area contributed by atoms with Gasteiger partial charge in [-0.2, -0.15) is 13.5 Å². The van der Waals surface area contributed by atoms with Crippen molar-refractivity contribution in [3.63, 3.8) is 0 Å². The van der Waals surface area contributed by atoms with Crippen molar-refractivity contribution in [1.29, 1.82) is 0 Å². The quantitative estimate of drug-likeness (QED) is 0.152. The maximum Gasteiger partial charge on any atom is 0.320 e. The van der Waals surface area contributed by atoms with E-state index in [1.54, 1.807) is 16.8 Å². The molecule has 1 saturated heterocycles. The summed E-state index contributed by atoms with van der Waals surface area (Å²) in [5.41, 5.74) is 2.02. The molecule has 3 aromatic heterocycles. The number of hydrogen-bond acceptors (Lipinski definition) is 10. The molecule has 14 nitrogen and oxygen atoms in total. The van der Waals surface area contributed by atoms with Crippen molar-refractivity contribution < 1.29 is 26.9 Å². The Labute approximate surface area is 293 Å². The average molecular weight is 709 g/mol. The summed E-state index contributed by atoms with van der Waals surface area (Å²) in [5.74, 6) is 2.69. The van der Waals surface area contributed by atoms with Crippen molar-refractivity contribution in [2.45, 2.75) is 96.2 Å². The van der Waals surface area contributed by atoms with Gasteiger partial charge in [-0.15, -0.1) is 10.2 Å². The van der Waals surface area contributed by atoms with Crippen LogP contribution in [-0.4, -0.2) is 83.0 Å². The number of benzene rings is 1. The summed E-state index contributed by atoms with van der Waals surface area (Å²) >= 11 is 0. The zero-order chi connectivity index (χ0) is 35.5. The number of aromatic nitrogens is 5. The van der Waals surface area contributed by atoms with Gasteiger partial charge in [0.2, 0.25) is 5.95 Å². The Morgan fingerprint density at radius 3 is 2.52 bits per heavy atom. The molecular formula is C35H48N8O6S. The Kier molecular flexibility index (Phi) is 10.5. The van der Waals surface area contributed by atoms with Gasteiger partial charge in [-0.3, -0.25) is 13.9 Å². The SMILES string of the molecule is C[C@H]1CCCCN1c1nnc2ccc(O[C@H]3CC[C@H](NC(=O)Nc4cc(C(C)(C)C)nn4-c4cccc(OCCOS(C)(=O)=O)c4)CC3)cn12. The molecule has 1 saturated carbocycles. The summed E-state index contributed by atoms with van der Waals surface area (Å²) in [7, 11) is -3.55. The molecule has 0 unspecified atom stereocenters. The molecular weight excluding hydrogens is 661 g/mol. The molecule has 15 heteroatoms. The largest absolute Gasteiger partial charge is 0.491 e. The number of carbonyl (C=O) groups excluding carboxylic acids is 1. The lowest BCUT2D eigenvalue weighted by atomic mass is 9.92. The van der Waals surface area contributed by atoms with Gasteiger partial charge in [-0.05, 0) is 76.1 Å². The van der Waals surface area contributed by atoms with Crippen LogP contribution < -0.4 is 25.0 Å². The number of nitrogens with zero attached hydrogens (tertiary/aromatic N) is 6. The molecule has 1 atom stereocenters. The van der Waals surface area contributed by atoms with Crippen molar-refractivity contribution in [2.75, 3.05) is 36.2 Å². The summed E-state index contributed by atoms with van der Waals surface area (Å²) in [6.45, 7) is 9.36. The van der Waals surface area contributed by atoms with E-state index in [0.717, 1.165) is 74.4 Å². The van der Waals surface area contributed by atoms with Crippen LogP contribution >= 0.6 is 0 Å². The second-order valence-electron chi connectivity index (χ2n) is 14.3. The van der Waals surface area contributed by atoms with Crippen LogP contribution in [-0.2, 0) is 19.7 Å². The second kappa shape index (κ2) is 14.9. The van der Waals surface area contributed by atoms with Crippen LogP contribution in [0.1, 0.15) is 78.3 Å². The summed E-state index contributed by atoms with van der Waals surface area (Å²) in [6.07, 6.45) is 9.80. The van der Waals surface area contributed by atoms with Gasteiger partial charge in [0.15, 0.2) is 5.65 Å². The topological polar surface area (TPSA) is 154 Å². The number of carbonyl (C=O) groups is 1. The molecule has 2 amide bonds. The number of fused-ring (bicyclic) bond motifs is 1. The van der Waals surface area contributed by atoms with Crippen LogP contribution in [0.3, 0.4) is 0 Å². The molecule has 1 aliphatic carbocycles. The zero-order valence-corrected chi connectivity index (χ0v) is 30.3. The molecule has 2 N–H and O–H groups in total. The van der Waals surface area contributed by atoms with Crippen LogP contribution in [0.25, 0.3) is 11.3 Å². The monoisotopic (exact) mass is 708 g/mol. The minimum Gasteiger partial charge on any atom is -0.491 e. The van der Waals surface area contributed by atoms with Crippen molar-refractivity contribution in [1.82, 2.24) is 29.7 Å². The number of rotatable bonds is 11. The Morgan fingerprint density at radius 2 is 1.78 bits per heavy atom. The van der Waals surface area contributed by atoms with Gasteiger partial charge in [-0.1, -0.05) is 26.8 Å². The van der Waals surface area contributed by atoms with Crippen LogP contribution in [0, 0.1) is 0 Å². The lowest BCUT2D eigenvalue weighted by molar-refractivity contribution is 0.140. The maximum atomic E-state index is 13.3. The summed E-state index contributed by atoms with van der Waals surface area (Å²) in [6, 6.07) is 13.1. The smallest absolute Gasteiger partial charge is 0.320 e. The van der Waals surface area contributed by atoms with Crippen molar-refractivity contribution in [3.05, 3.63) is 54.4 Å². The first-order valence-corrected chi connectivity index (χ1v) is 19.2. The first kappa shape index (κ1) is 35.5. The van der Waals surface area contributed by atoms with Crippen LogP contribution in [0.4, 0.5) is 16.6 Å². The highest BCUT2D eigenvalue weighted by molar-refractivity contribution is 7.85. The second-order valence-corrected chi connectivity index (χ2v) is 15.9. The maximum absolute atomic E-state index is 13.3. The Hall–Kier alpha value is -4.37. The van der Waals surface area contributed by atoms with Crippen molar-refractivity contribution in [2.24, 2.45) is 0 Å². The van der Waals surface area contributed by atoms with E-state index in [0.29, 0.717) is 23.3 Å². The number of pyridine rings is 1. The highest BCUT2D eigenvalue weighted by Crippen LogP contribution is 2.30. The number of urea groups is 1. The molecule has 4 aromatic rings. The Bertz CT molecular complexity index is 1890. The lowest BCUT2D eigenvalue weighted by Gasteiger charge is -2.33. The summed E-state index contributed by atoms with van der Waals surface area (Å²) in [4.78, 5) is 15.6. The molecule has 1 aliphatic heterocycles. The van der Waals surface area contributed by atoms with E-state index in [2.05, 4.69) is 53.4 Å². The predicted molar refractivity (Wildman–Crippen MR) is 191 cm³/mol. The molecule has 1 aromatic carbocycles. The van der Waals surface area contributed by atoms with Gasteiger partial charge in [0.05, 0.1) is 29.9 Å². The number of anilines is 2. The number of amides is 2. The number of nitrogens with one attached hydrogen (secondary N) is 2. The highest BCUT2D eigenvalue weighted by Gasteiger charge is 2.27. The fourth-order valence-corrected chi connectivity index (χ4v) is 6.83. The van der Waals surface area contributed by atoms with Gasteiger partial charge >= 0.3 is 6.03 Å². The molecule has 2 fully saturated rings. The van der Waals surface area contributed by atoms with Gasteiger partial charge in [0.25, 0.3) is 10.1 Å². The molecule has 50 heavy (non-hydrogen) atoms. The number of piperidine rings is 1. The fourth-order valence-electron chi connectivity index (χ4n) is 6.46. The van der Waals surface area contributed by atoms with Crippen LogP contribution in [0.5, 0.6) is 11.5 Å². The fraction of sp³-hybridized carbons (Fsp3) is 0.543. The van der Waals surface area contributed by atoms with Gasteiger partial charge < -0.3 is 19.7 Å². The minimum absolute atomic E-state index is 0.00621. The molecule has 270 valence electrons. The van der Waals surface area contributed by atoms with E-state index in [-0.39, 0.29) is 36.8 Å². The van der Waals surface area contributed by atoms with Crippen molar-refractivity contribution >= 4 is 33.6 Å². The highest BCUT2D eigenvalue weighted by atomic mass is 32.2. The summed E-state index contributed by atoms with van der Waals surface area (Å²) < 4.78 is 43.1. The number of ether oxygens (including phenoxy) is 2. The van der Waals surface area contributed by atoms with E-state index >= 15 is 0 Å². The van der Waals surface area contributed by atoms with Crippen LogP contribution in [0.15, 0.2) is 48.7 Å². The summed E-state index contributed by atoms with van der Waals surface area (Å²) in [5, 5.41) is 19.8. The van der Waals surface area contributed by atoms with Gasteiger partial charge in [-0.25, -0.2) is 9.48 Å². The Balaban J connectivity index is 1.05. The predicted octanol–water partition coefficient (Wildman–Crippen LogP) is 5.46. The minimum atomic E-state index is -3.55. The average Bonchev–Trinajstić information content (AvgIpc) is 3.68. The third kappa shape index (κ3) is 8.85. The standard InChI is InChI=1S/C35H48N8O6S/c1-24-9-6-7-18-41(24)34-39-38-31-17-16-29(23-42(31)34)49-27-14-12-25(13-15-27)36-33(44)37-32-22-30(35(2,3)4)40-43(32)26-10-8-11-28(21-26)47-19-20-48-50(5,45)46/h8,10-11,16-17,21-25,27H,6-7,9,12-15,18-20H2,1-5H3,(H2,36,37,44)/t24-,25-,27-/m0/s1. The Morgan fingerprint density at radius 1 is 0.980 bits per heavy atom. The first-order chi connectivity index (χ1) is 23.8. The van der Waals surface area contributed by atoms with Crippen molar-refractivity contribution in [3.8, 4) is 17.2 Å². The van der Waals surface area contributed by atoms with E-state index in [1.165, 1.54) is 6.42 Å². The normalized spacial score (nSPS) is 20.1. The molecule has 2 aliphatic rings. The molecule has 0 bridgehead atoms. The van der Waals surface area contributed by atoms with E-state index in [1.807, 2.05) is 40.9 Å². The molecule has 0 radical (unpaired) electrons. The molecule has 0 spiro atoms. The third-order valence-electron chi connectivity index (χ3n) is 9.16. The molecule has 6 rings (SSSR count). The first-order valence-electron chi connectivity index (χ1n) is 17.4. The van der Waals surface area contributed by atoms with E-state index in [9.17, 15) is 13.2 Å². The van der Waals surface area contributed by atoms with Gasteiger partial charge in [0, 0.05) is 36.2 Å². The van der Waals surface area contributed by atoms with E-state index in [4.69, 9.17) is 18.8 Å². The molecule has 4 heterocycles. The zero-order valence-electron chi connectivity index (χ0n) is 29.5.